The van der Waals surface area contributed by atoms with Gasteiger partial charge in [-0.25, -0.2) is 0 Å². The second-order valence-corrected chi connectivity index (χ2v) is 7.81. The molecule has 0 spiro atoms. The first-order valence-corrected chi connectivity index (χ1v) is 7.49. The fourth-order valence-corrected chi connectivity index (χ4v) is 3.70. The average Bonchev–Trinajstić information content (AvgIpc) is 2.29. The van der Waals surface area contributed by atoms with Crippen LogP contribution in [0.1, 0.15) is 54.4 Å². The van der Waals surface area contributed by atoms with Crippen molar-refractivity contribution in [2.45, 2.75) is 60.0 Å². The summed E-state index contributed by atoms with van der Waals surface area (Å²) >= 11 is 0. The quantitative estimate of drug-likeness (QED) is 0.689. The Morgan fingerprint density at radius 1 is 1.35 bits per heavy atom. The lowest BCUT2D eigenvalue weighted by Gasteiger charge is -2.47. The number of carbonyl (C=O) groups is 2. The number of hydrogen-bond acceptors (Lipinski definition) is 3. The number of hydrogen-bond donors (Lipinski definition) is 0. The molecule has 112 valence electrons. The van der Waals surface area contributed by atoms with Crippen LogP contribution in [-0.4, -0.2) is 17.4 Å². The van der Waals surface area contributed by atoms with Crippen LogP contribution in [0.25, 0.3) is 0 Å². The van der Waals surface area contributed by atoms with E-state index in [1.165, 1.54) is 0 Å². The molecule has 4 atom stereocenters. The standard InChI is InChI=1S/C17H26O3/c1-10-7-12-8-17(6,14(10)18)9-13(11(12)2)15(19)20-16(3,4)5/h7,11-13H,8-9H2,1-6H3/t11-,12+,13-,17-/m1/s1. The van der Waals surface area contributed by atoms with E-state index >= 15 is 0 Å². The van der Waals surface area contributed by atoms with Crippen molar-refractivity contribution in [1.29, 1.82) is 0 Å². The zero-order chi connectivity index (χ0) is 15.3. The molecule has 0 aliphatic heterocycles. The minimum atomic E-state index is -0.472. The van der Waals surface area contributed by atoms with Crippen molar-refractivity contribution in [3.63, 3.8) is 0 Å². The highest BCUT2D eigenvalue weighted by atomic mass is 16.6. The summed E-state index contributed by atoms with van der Waals surface area (Å²) in [5, 5.41) is 0. The van der Waals surface area contributed by atoms with E-state index in [2.05, 4.69) is 13.0 Å². The first-order chi connectivity index (χ1) is 9.03. The predicted molar refractivity (Wildman–Crippen MR) is 78.1 cm³/mol. The van der Waals surface area contributed by atoms with E-state index in [1.54, 1.807) is 0 Å². The smallest absolute Gasteiger partial charge is 0.309 e. The van der Waals surface area contributed by atoms with Crippen molar-refractivity contribution in [3.8, 4) is 0 Å². The molecule has 0 unspecified atom stereocenters. The van der Waals surface area contributed by atoms with Crippen LogP contribution >= 0.6 is 0 Å². The van der Waals surface area contributed by atoms with Crippen molar-refractivity contribution in [2.24, 2.45) is 23.2 Å². The zero-order valence-electron chi connectivity index (χ0n) is 13.4. The van der Waals surface area contributed by atoms with Crippen molar-refractivity contribution in [2.75, 3.05) is 0 Å². The van der Waals surface area contributed by atoms with Gasteiger partial charge in [0.15, 0.2) is 5.78 Å². The van der Waals surface area contributed by atoms with Gasteiger partial charge in [-0.15, -0.1) is 0 Å². The Morgan fingerprint density at radius 3 is 2.50 bits per heavy atom. The van der Waals surface area contributed by atoms with Crippen LogP contribution in [-0.2, 0) is 14.3 Å². The second-order valence-electron chi connectivity index (χ2n) is 7.81. The van der Waals surface area contributed by atoms with E-state index in [0.717, 1.165) is 12.0 Å². The molecule has 0 radical (unpaired) electrons. The Labute approximate surface area is 121 Å². The Balaban J connectivity index is 2.26. The van der Waals surface area contributed by atoms with E-state index in [9.17, 15) is 9.59 Å². The van der Waals surface area contributed by atoms with Gasteiger partial charge >= 0.3 is 5.97 Å². The van der Waals surface area contributed by atoms with Crippen LogP contribution in [0, 0.1) is 23.2 Å². The molecule has 1 saturated carbocycles. The highest BCUT2D eigenvalue weighted by molar-refractivity contribution is 6.00. The summed E-state index contributed by atoms with van der Waals surface area (Å²) in [6.45, 7) is 11.7. The van der Waals surface area contributed by atoms with Crippen LogP contribution in [0.15, 0.2) is 11.6 Å². The normalized spacial score (nSPS) is 37.4. The third-order valence-electron chi connectivity index (χ3n) is 4.75. The maximum Gasteiger partial charge on any atom is 0.309 e. The maximum atomic E-state index is 12.4. The summed E-state index contributed by atoms with van der Waals surface area (Å²) in [6.07, 6.45) is 3.54. The fourth-order valence-electron chi connectivity index (χ4n) is 3.70. The molecule has 0 amide bonds. The van der Waals surface area contributed by atoms with Crippen molar-refractivity contribution < 1.29 is 14.3 Å². The van der Waals surface area contributed by atoms with E-state index in [0.29, 0.717) is 12.3 Å². The number of Topliss-reactive ketones (excluding diaryl/α,β-unsaturated/α-hetero) is 1. The van der Waals surface area contributed by atoms with Gasteiger partial charge in [0.1, 0.15) is 5.60 Å². The van der Waals surface area contributed by atoms with Gasteiger partial charge in [-0.05, 0) is 57.9 Å². The summed E-state index contributed by atoms with van der Waals surface area (Å²) in [5.41, 5.74) is -0.00400. The lowest BCUT2D eigenvalue weighted by molar-refractivity contribution is -0.167. The molecule has 0 saturated heterocycles. The van der Waals surface area contributed by atoms with Gasteiger partial charge in [0.25, 0.3) is 0 Å². The number of ether oxygens (including phenoxy) is 1. The topological polar surface area (TPSA) is 43.4 Å². The number of rotatable bonds is 1. The van der Waals surface area contributed by atoms with Gasteiger partial charge in [0.2, 0.25) is 0 Å². The third-order valence-corrected chi connectivity index (χ3v) is 4.75. The maximum absolute atomic E-state index is 12.4. The molecular formula is C17H26O3. The van der Waals surface area contributed by atoms with Crippen LogP contribution in [0.3, 0.4) is 0 Å². The molecule has 20 heavy (non-hydrogen) atoms. The zero-order valence-corrected chi connectivity index (χ0v) is 13.4. The Morgan fingerprint density at radius 2 is 1.95 bits per heavy atom. The lowest BCUT2D eigenvalue weighted by atomic mass is 9.56. The molecule has 2 aliphatic carbocycles. The first-order valence-electron chi connectivity index (χ1n) is 7.49. The Bertz CT molecular complexity index is 469. The van der Waals surface area contributed by atoms with Crippen LogP contribution in [0.2, 0.25) is 0 Å². The SMILES string of the molecule is CC1=C[C@H]2C[C@](C)(C[C@@H](C(=O)OC(C)(C)C)[C@@H]2C)C1=O. The summed E-state index contributed by atoms with van der Waals surface area (Å²) in [6, 6.07) is 0. The molecule has 0 aromatic carbocycles. The lowest BCUT2D eigenvalue weighted by Crippen LogP contribution is -2.48. The summed E-state index contributed by atoms with van der Waals surface area (Å²) in [7, 11) is 0. The number of esters is 1. The minimum absolute atomic E-state index is 0.151. The Hall–Kier alpha value is -1.12. The fraction of sp³-hybridized carbons (Fsp3) is 0.765. The minimum Gasteiger partial charge on any atom is -0.460 e. The average molecular weight is 278 g/mol. The molecule has 2 rings (SSSR count). The van der Waals surface area contributed by atoms with Gasteiger partial charge < -0.3 is 4.74 Å². The van der Waals surface area contributed by atoms with Gasteiger partial charge in [0, 0.05) is 5.41 Å². The van der Waals surface area contributed by atoms with Gasteiger partial charge in [0.05, 0.1) is 5.92 Å². The number of ketones is 1. The summed E-state index contributed by atoms with van der Waals surface area (Å²) in [5.74, 6) is 0.423. The van der Waals surface area contributed by atoms with E-state index in [1.807, 2.05) is 34.6 Å². The molecule has 1 fully saturated rings. The molecule has 0 aromatic heterocycles. The molecule has 3 heteroatoms. The first kappa shape index (κ1) is 15.3. The van der Waals surface area contributed by atoms with Crippen LogP contribution in [0.5, 0.6) is 0 Å². The molecule has 3 nitrogen and oxygen atoms in total. The second kappa shape index (κ2) is 4.71. The molecule has 0 N–H and O–H groups in total. The van der Waals surface area contributed by atoms with Crippen molar-refractivity contribution >= 4 is 11.8 Å². The molecular weight excluding hydrogens is 252 g/mol. The van der Waals surface area contributed by atoms with Crippen LogP contribution < -0.4 is 0 Å². The van der Waals surface area contributed by atoms with Crippen molar-refractivity contribution in [1.82, 2.24) is 0 Å². The molecule has 0 heterocycles. The van der Waals surface area contributed by atoms with Gasteiger partial charge in [-0.1, -0.05) is 19.9 Å². The summed E-state index contributed by atoms with van der Waals surface area (Å²) in [4.78, 5) is 24.8. The van der Waals surface area contributed by atoms with Gasteiger partial charge in [-0.2, -0.15) is 0 Å². The molecule has 2 aliphatic rings. The molecule has 2 bridgehead atoms. The van der Waals surface area contributed by atoms with Crippen LogP contribution in [0.4, 0.5) is 0 Å². The highest BCUT2D eigenvalue weighted by Gasteiger charge is 2.50. The van der Waals surface area contributed by atoms with E-state index < -0.39 is 11.0 Å². The van der Waals surface area contributed by atoms with Crippen molar-refractivity contribution in [3.05, 3.63) is 11.6 Å². The van der Waals surface area contributed by atoms with E-state index in [4.69, 9.17) is 4.74 Å². The van der Waals surface area contributed by atoms with Gasteiger partial charge in [-0.3, -0.25) is 9.59 Å². The Kier molecular flexibility index (Phi) is 3.60. The monoisotopic (exact) mass is 278 g/mol. The highest BCUT2D eigenvalue weighted by Crippen LogP contribution is 2.51. The molecule has 0 aromatic rings. The summed E-state index contributed by atoms with van der Waals surface area (Å²) < 4.78 is 5.55. The van der Waals surface area contributed by atoms with E-state index in [-0.39, 0.29) is 23.6 Å². The third kappa shape index (κ3) is 2.68. The predicted octanol–water partition coefficient (Wildman–Crippen LogP) is 3.53. The number of allylic oxidation sites excluding steroid dienone is 2. The largest absolute Gasteiger partial charge is 0.460 e. The number of carbonyl (C=O) groups excluding carboxylic acids is 2. The number of fused-ring (bicyclic) bond motifs is 2.